The lowest BCUT2D eigenvalue weighted by Crippen LogP contribution is -2.17. The average Bonchev–Trinajstić information content (AvgIpc) is 3.21. The van der Waals surface area contributed by atoms with Gasteiger partial charge in [-0.25, -0.2) is 0 Å². The van der Waals surface area contributed by atoms with Crippen molar-refractivity contribution >= 4 is 41.0 Å². The van der Waals surface area contributed by atoms with Gasteiger partial charge in [-0.15, -0.1) is 5.10 Å². The minimum Gasteiger partial charge on any atom is -0.350 e. The van der Waals surface area contributed by atoms with Gasteiger partial charge in [0.05, 0.1) is 0 Å². The van der Waals surface area contributed by atoms with E-state index < -0.39 is 0 Å². The standard InChI is InChI=1S/C24H21Cl2N5O/c1-16-3-2-4-19(13-16)22(32)31-24(28-15-18-7-11-21(26)12-8-18)29-23(30-31)27-14-17-5-9-20(25)10-6-17/h2-13H,14-15H2,1H3,(H2,27,28,29,30). The first-order valence-electron chi connectivity index (χ1n) is 10.0. The molecular weight excluding hydrogens is 445 g/mol. The number of hydrogen-bond acceptors (Lipinski definition) is 5. The molecule has 0 fully saturated rings. The van der Waals surface area contributed by atoms with E-state index in [1.807, 2.05) is 73.7 Å². The Hall–Kier alpha value is -3.35. The van der Waals surface area contributed by atoms with E-state index in [-0.39, 0.29) is 5.91 Å². The molecule has 162 valence electrons. The van der Waals surface area contributed by atoms with Gasteiger partial charge in [-0.3, -0.25) is 4.79 Å². The normalized spacial score (nSPS) is 10.7. The van der Waals surface area contributed by atoms with E-state index in [1.165, 1.54) is 4.68 Å². The summed E-state index contributed by atoms with van der Waals surface area (Å²) in [5.74, 6) is 0.434. The number of anilines is 2. The van der Waals surface area contributed by atoms with Gasteiger partial charge in [0.1, 0.15) is 0 Å². The van der Waals surface area contributed by atoms with Crippen LogP contribution in [0.25, 0.3) is 0 Å². The van der Waals surface area contributed by atoms with E-state index >= 15 is 0 Å². The third-order valence-electron chi connectivity index (χ3n) is 4.79. The maximum atomic E-state index is 13.2. The fraction of sp³-hybridized carbons (Fsp3) is 0.125. The highest BCUT2D eigenvalue weighted by molar-refractivity contribution is 6.30. The average molecular weight is 466 g/mol. The van der Waals surface area contributed by atoms with Crippen molar-refractivity contribution in [3.63, 3.8) is 0 Å². The van der Waals surface area contributed by atoms with Crippen LogP contribution < -0.4 is 10.6 Å². The molecule has 0 aliphatic heterocycles. The Kier molecular flexibility index (Phi) is 6.73. The highest BCUT2D eigenvalue weighted by atomic mass is 35.5. The zero-order valence-corrected chi connectivity index (χ0v) is 18.9. The lowest BCUT2D eigenvalue weighted by molar-refractivity contribution is 0.0947. The van der Waals surface area contributed by atoms with Crippen molar-refractivity contribution in [3.8, 4) is 0 Å². The summed E-state index contributed by atoms with van der Waals surface area (Å²) in [7, 11) is 0. The Bertz CT molecular complexity index is 1220. The van der Waals surface area contributed by atoms with Gasteiger partial charge in [0, 0.05) is 28.7 Å². The maximum Gasteiger partial charge on any atom is 0.281 e. The van der Waals surface area contributed by atoms with Crippen LogP contribution in [0.5, 0.6) is 0 Å². The second kappa shape index (κ2) is 9.85. The number of carbonyl (C=O) groups is 1. The number of hydrogen-bond donors (Lipinski definition) is 2. The van der Waals surface area contributed by atoms with Gasteiger partial charge < -0.3 is 10.6 Å². The second-order valence-corrected chi connectivity index (χ2v) is 8.18. The molecule has 0 aliphatic rings. The van der Waals surface area contributed by atoms with Crippen molar-refractivity contribution in [3.05, 3.63) is 105 Å². The predicted molar refractivity (Wildman–Crippen MR) is 128 cm³/mol. The zero-order valence-electron chi connectivity index (χ0n) is 17.3. The van der Waals surface area contributed by atoms with Crippen LogP contribution >= 0.6 is 23.2 Å². The van der Waals surface area contributed by atoms with Gasteiger partial charge >= 0.3 is 0 Å². The molecule has 3 aromatic carbocycles. The minimum atomic E-state index is -0.264. The van der Waals surface area contributed by atoms with Crippen LogP contribution in [-0.4, -0.2) is 20.7 Å². The van der Waals surface area contributed by atoms with Crippen LogP contribution in [0.2, 0.25) is 10.0 Å². The zero-order chi connectivity index (χ0) is 22.5. The second-order valence-electron chi connectivity index (χ2n) is 7.31. The van der Waals surface area contributed by atoms with Crippen LogP contribution in [0.3, 0.4) is 0 Å². The molecule has 0 saturated heterocycles. The highest BCUT2D eigenvalue weighted by Crippen LogP contribution is 2.17. The van der Waals surface area contributed by atoms with Crippen molar-refractivity contribution < 1.29 is 4.79 Å². The van der Waals surface area contributed by atoms with Crippen molar-refractivity contribution in [2.24, 2.45) is 0 Å². The van der Waals surface area contributed by atoms with Crippen molar-refractivity contribution in [2.75, 3.05) is 10.6 Å². The van der Waals surface area contributed by atoms with E-state index in [9.17, 15) is 4.79 Å². The molecule has 4 rings (SSSR count). The van der Waals surface area contributed by atoms with E-state index in [0.29, 0.717) is 40.6 Å². The summed E-state index contributed by atoms with van der Waals surface area (Å²) in [6.07, 6.45) is 0. The lowest BCUT2D eigenvalue weighted by Gasteiger charge is -2.08. The Morgan fingerprint density at radius 3 is 2.06 bits per heavy atom. The molecule has 0 atom stereocenters. The summed E-state index contributed by atoms with van der Waals surface area (Å²) in [6, 6.07) is 22.3. The number of aryl methyl sites for hydroxylation is 1. The largest absolute Gasteiger partial charge is 0.350 e. The molecular formula is C24H21Cl2N5O. The summed E-state index contributed by atoms with van der Waals surface area (Å²) in [5, 5.41) is 12.1. The van der Waals surface area contributed by atoms with Crippen molar-refractivity contribution in [1.82, 2.24) is 14.8 Å². The number of carbonyl (C=O) groups excluding carboxylic acids is 1. The molecule has 0 bridgehead atoms. The monoisotopic (exact) mass is 465 g/mol. The third-order valence-corrected chi connectivity index (χ3v) is 5.30. The molecule has 0 saturated carbocycles. The smallest absolute Gasteiger partial charge is 0.281 e. The molecule has 4 aromatic rings. The number of nitrogens with zero attached hydrogens (tertiary/aromatic N) is 3. The van der Waals surface area contributed by atoms with Crippen LogP contribution in [0, 0.1) is 6.92 Å². The number of nitrogens with one attached hydrogen (secondary N) is 2. The quantitative estimate of drug-likeness (QED) is 0.360. The van der Waals surface area contributed by atoms with Crippen LogP contribution in [-0.2, 0) is 13.1 Å². The fourth-order valence-electron chi connectivity index (χ4n) is 3.11. The number of rotatable bonds is 7. The molecule has 1 aromatic heterocycles. The van der Waals surface area contributed by atoms with Gasteiger partial charge in [0.15, 0.2) is 0 Å². The molecule has 0 unspecified atom stereocenters. The Balaban J connectivity index is 1.57. The summed E-state index contributed by atoms with van der Waals surface area (Å²) in [6.45, 7) is 2.90. The van der Waals surface area contributed by atoms with Gasteiger partial charge in [0.25, 0.3) is 5.91 Å². The van der Waals surface area contributed by atoms with Gasteiger partial charge in [-0.05, 0) is 54.4 Å². The molecule has 2 N–H and O–H groups in total. The van der Waals surface area contributed by atoms with Crippen LogP contribution in [0.15, 0.2) is 72.8 Å². The molecule has 32 heavy (non-hydrogen) atoms. The molecule has 0 aliphatic carbocycles. The van der Waals surface area contributed by atoms with E-state index in [2.05, 4.69) is 20.7 Å². The molecule has 1 heterocycles. The Morgan fingerprint density at radius 1 is 0.875 bits per heavy atom. The Morgan fingerprint density at radius 2 is 1.47 bits per heavy atom. The predicted octanol–water partition coefficient (Wildman–Crippen LogP) is 5.81. The molecule has 0 spiro atoms. The van der Waals surface area contributed by atoms with E-state index in [4.69, 9.17) is 23.2 Å². The van der Waals surface area contributed by atoms with Crippen molar-refractivity contribution in [1.29, 1.82) is 0 Å². The van der Waals surface area contributed by atoms with Crippen molar-refractivity contribution in [2.45, 2.75) is 20.0 Å². The maximum absolute atomic E-state index is 13.2. The van der Waals surface area contributed by atoms with Crippen LogP contribution in [0.1, 0.15) is 27.0 Å². The Labute approximate surface area is 196 Å². The fourth-order valence-corrected chi connectivity index (χ4v) is 3.36. The number of halogens is 2. The molecule has 6 nitrogen and oxygen atoms in total. The molecule has 0 radical (unpaired) electrons. The van der Waals surface area contributed by atoms with Gasteiger partial charge in [-0.2, -0.15) is 9.67 Å². The van der Waals surface area contributed by atoms with Crippen LogP contribution in [0.4, 0.5) is 11.9 Å². The first-order chi connectivity index (χ1) is 15.5. The van der Waals surface area contributed by atoms with Gasteiger partial charge in [-0.1, -0.05) is 65.2 Å². The van der Waals surface area contributed by atoms with E-state index in [1.54, 1.807) is 6.07 Å². The molecule has 8 heteroatoms. The highest BCUT2D eigenvalue weighted by Gasteiger charge is 2.18. The minimum absolute atomic E-state index is 0.264. The summed E-state index contributed by atoms with van der Waals surface area (Å²) < 4.78 is 1.29. The van der Waals surface area contributed by atoms with Gasteiger partial charge in [0.2, 0.25) is 11.9 Å². The lowest BCUT2D eigenvalue weighted by atomic mass is 10.1. The number of benzene rings is 3. The summed E-state index contributed by atoms with van der Waals surface area (Å²) in [4.78, 5) is 17.7. The SMILES string of the molecule is Cc1cccc(C(=O)n2nc(NCc3ccc(Cl)cc3)nc2NCc2ccc(Cl)cc2)c1. The first-order valence-corrected chi connectivity index (χ1v) is 10.8. The summed E-state index contributed by atoms with van der Waals surface area (Å²) >= 11 is 11.9. The summed E-state index contributed by atoms with van der Waals surface area (Å²) in [5.41, 5.74) is 3.55. The molecule has 0 amide bonds. The third kappa shape index (κ3) is 5.46. The van der Waals surface area contributed by atoms with E-state index in [0.717, 1.165) is 16.7 Å². The number of aromatic nitrogens is 3. The first kappa shape index (κ1) is 21.9. The topological polar surface area (TPSA) is 71.8 Å².